The van der Waals surface area contributed by atoms with Crippen molar-refractivity contribution in [1.29, 1.82) is 0 Å². The number of nitrogens with zero attached hydrogens (tertiary/aromatic N) is 1. The summed E-state index contributed by atoms with van der Waals surface area (Å²) in [5, 5.41) is 11.1. The van der Waals surface area contributed by atoms with Crippen molar-refractivity contribution in [2.75, 3.05) is 0 Å². The van der Waals surface area contributed by atoms with Gasteiger partial charge in [-0.3, -0.25) is 0 Å². The molecule has 0 heterocycles. The van der Waals surface area contributed by atoms with Crippen LogP contribution in [-0.4, -0.2) is 11.4 Å². The van der Waals surface area contributed by atoms with Gasteiger partial charge >= 0.3 is 0 Å². The minimum absolute atomic E-state index is 0.0172. The smallest absolute Gasteiger partial charge is 0.135 e. The predicted molar refractivity (Wildman–Crippen MR) is 45.8 cm³/mol. The molecule has 1 aromatic rings. The first-order valence-electron chi connectivity index (χ1n) is 2.97. The quantitative estimate of drug-likeness (QED) is 0.429. The predicted octanol–water partition coefficient (Wildman–Crippen LogP) is 2.94. The first-order valence-corrected chi connectivity index (χ1v) is 3.72. The molecule has 1 aromatic carbocycles. The molecule has 0 atom stereocenters. The SMILES string of the molecule is O/N=C/c1c(F)cc(Cl)cc1Cl. The fraction of sp³-hybridized carbons (Fsp3) is 0. The van der Waals surface area contributed by atoms with Crippen molar-refractivity contribution >= 4 is 29.4 Å². The molecular weight excluding hydrogens is 204 g/mol. The van der Waals surface area contributed by atoms with Gasteiger partial charge < -0.3 is 5.21 Å². The second-order valence-corrected chi connectivity index (χ2v) is 2.87. The normalized spacial score (nSPS) is 10.9. The van der Waals surface area contributed by atoms with E-state index in [-0.39, 0.29) is 15.6 Å². The Morgan fingerprint density at radius 1 is 1.42 bits per heavy atom. The average Bonchev–Trinajstić information content (AvgIpc) is 1.96. The van der Waals surface area contributed by atoms with Crippen LogP contribution in [0.1, 0.15) is 5.56 Å². The summed E-state index contributed by atoms with van der Waals surface area (Å²) in [5.41, 5.74) is 0.0172. The summed E-state index contributed by atoms with van der Waals surface area (Å²) < 4.78 is 12.9. The second-order valence-electron chi connectivity index (χ2n) is 2.03. The van der Waals surface area contributed by atoms with Crippen molar-refractivity contribution in [1.82, 2.24) is 0 Å². The molecule has 0 aliphatic carbocycles. The van der Waals surface area contributed by atoms with Crippen LogP contribution in [-0.2, 0) is 0 Å². The van der Waals surface area contributed by atoms with Crippen LogP contribution < -0.4 is 0 Å². The number of benzene rings is 1. The van der Waals surface area contributed by atoms with Gasteiger partial charge in [-0.15, -0.1) is 0 Å². The third-order valence-corrected chi connectivity index (χ3v) is 1.76. The van der Waals surface area contributed by atoms with E-state index in [9.17, 15) is 4.39 Å². The van der Waals surface area contributed by atoms with Gasteiger partial charge in [-0.1, -0.05) is 28.4 Å². The maximum Gasteiger partial charge on any atom is 0.135 e. The van der Waals surface area contributed by atoms with Gasteiger partial charge in [0.2, 0.25) is 0 Å². The number of hydrogen-bond acceptors (Lipinski definition) is 2. The van der Waals surface area contributed by atoms with Crippen LogP contribution in [0.15, 0.2) is 17.3 Å². The summed E-state index contributed by atoms with van der Waals surface area (Å²) in [6.45, 7) is 0. The highest BCUT2D eigenvalue weighted by atomic mass is 35.5. The number of hydrogen-bond donors (Lipinski definition) is 1. The van der Waals surface area contributed by atoms with E-state index in [1.54, 1.807) is 0 Å². The fourth-order valence-corrected chi connectivity index (χ4v) is 1.25. The van der Waals surface area contributed by atoms with Gasteiger partial charge in [-0.25, -0.2) is 4.39 Å². The zero-order chi connectivity index (χ0) is 9.14. The van der Waals surface area contributed by atoms with Gasteiger partial charge in [-0.2, -0.15) is 0 Å². The van der Waals surface area contributed by atoms with Gasteiger partial charge in [0.25, 0.3) is 0 Å². The van der Waals surface area contributed by atoms with Crippen LogP contribution in [0.5, 0.6) is 0 Å². The number of oxime groups is 1. The van der Waals surface area contributed by atoms with Crippen LogP contribution in [0, 0.1) is 5.82 Å². The van der Waals surface area contributed by atoms with E-state index in [1.165, 1.54) is 6.07 Å². The van der Waals surface area contributed by atoms with E-state index in [2.05, 4.69) is 5.16 Å². The largest absolute Gasteiger partial charge is 0.411 e. The molecule has 12 heavy (non-hydrogen) atoms. The Kier molecular flexibility index (Phi) is 2.89. The molecular formula is C7H4Cl2FNO. The zero-order valence-electron chi connectivity index (χ0n) is 5.76. The lowest BCUT2D eigenvalue weighted by Crippen LogP contribution is -1.89. The Morgan fingerprint density at radius 3 is 2.58 bits per heavy atom. The summed E-state index contributed by atoms with van der Waals surface area (Å²) in [4.78, 5) is 0. The lowest BCUT2D eigenvalue weighted by Gasteiger charge is -1.99. The molecule has 1 N–H and O–H groups in total. The monoisotopic (exact) mass is 207 g/mol. The molecule has 0 fully saturated rings. The van der Waals surface area contributed by atoms with Gasteiger partial charge in [0.05, 0.1) is 16.8 Å². The van der Waals surface area contributed by atoms with Gasteiger partial charge in [-0.05, 0) is 12.1 Å². The molecule has 0 aliphatic rings. The lowest BCUT2D eigenvalue weighted by atomic mass is 10.2. The first-order chi connectivity index (χ1) is 5.65. The Hall–Kier alpha value is -0.800. The van der Waals surface area contributed by atoms with Crippen LogP contribution in [0.4, 0.5) is 4.39 Å². The Balaban J connectivity index is 3.28. The lowest BCUT2D eigenvalue weighted by molar-refractivity contribution is 0.321. The van der Waals surface area contributed by atoms with E-state index in [4.69, 9.17) is 28.4 Å². The molecule has 0 saturated carbocycles. The highest BCUT2D eigenvalue weighted by molar-refractivity contribution is 6.36. The second kappa shape index (κ2) is 3.74. The minimum atomic E-state index is -0.620. The van der Waals surface area contributed by atoms with Crippen molar-refractivity contribution in [2.24, 2.45) is 5.16 Å². The topological polar surface area (TPSA) is 32.6 Å². The third kappa shape index (κ3) is 1.87. The molecule has 0 saturated heterocycles. The van der Waals surface area contributed by atoms with E-state index < -0.39 is 5.82 Å². The highest BCUT2D eigenvalue weighted by Gasteiger charge is 2.06. The molecule has 0 unspecified atom stereocenters. The highest BCUT2D eigenvalue weighted by Crippen LogP contribution is 2.22. The molecule has 2 nitrogen and oxygen atoms in total. The van der Waals surface area contributed by atoms with Crippen LogP contribution in [0.3, 0.4) is 0 Å². The molecule has 64 valence electrons. The third-order valence-electron chi connectivity index (χ3n) is 1.23. The maximum atomic E-state index is 12.9. The zero-order valence-corrected chi connectivity index (χ0v) is 7.27. The number of rotatable bonds is 1. The molecule has 0 aromatic heterocycles. The summed E-state index contributed by atoms with van der Waals surface area (Å²) in [7, 11) is 0. The summed E-state index contributed by atoms with van der Waals surface area (Å²) >= 11 is 11.1. The summed E-state index contributed by atoms with van der Waals surface area (Å²) in [5.74, 6) is -0.620. The van der Waals surface area contributed by atoms with Crippen molar-refractivity contribution in [3.05, 3.63) is 33.6 Å². The fourth-order valence-electron chi connectivity index (χ4n) is 0.734. The maximum absolute atomic E-state index is 12.9. The average molecular weight is 208 g/mol. The minimum Gasteiger partial charge on any atom is -0.411 e. The first kappa shape index (κ1) is 9.29. The van der Waals surface area contributed by atoms with Crippen molar-refractivity contribution in [3.63, 3.8) is 0 Å². The molecule has 0 radical (unpaired) electrons. The Labute approximate surface area is 78.2 Å². The molecule has 0 spiro atoms. The van der Waals surface area contributed by atoms with E-state index in [1.807, 2.05) is 0 Å². The van der Waals surface area contributed by atoms with Crippen molar-refractivity contribution in [3.8, 4) is 0 Å². The summed E-state index contributed by atoms with van der Waals surface area (Å²) in [6, 6.07) is 2.45. The van der Waals surface area contributed by atoms with E-state index >= 15 is 0 Å². The standard InChI is InChI=1S/C7H4Cl2FNO/c8-4-1-6(9)5(3-11-12)7(10)2-4/h1-3,12H/b11-3+. The van der Waals surface area contributed by atoms with Gasteiger partial charge in [0.15, 0.2) is 0 Å². The van der Waals surface area contributed by atoms with Gasteiger partial charge in [0, 0.05) is 5.02 Å². The van der Waals surface area contributed by atoms with E-state index in [0.717, 1.165) is 12.3 Å². The van der Waals surface area contributed by atoms with E-state index in [0.29, 0.717) is 0 Å². The van der Waals surface area contributed by atoms with Crippen LogP contribution in [0.2, 0.25) is 10.0 Å². The Bertz CT molecular complexity index is 304. The van der Waals surface area contributed by atoms with Gasteiger partial charge in [0.1, 0.15) is 5.82 Å². The molecule has 0 bridgehead atoms. The number of halogens is 3. The van der Waals surface area contributed by atoms with Crippen molar-refractivity contribution in [2.45, 2.75) is 0 Å². The van der Waals surface area contributed by atoms with Crippen LogP contribution in [0.25, 0.3) is 0 Å². The molecule has 0 amide bonds. The molecule has 5 heteroatoms. The molecule has 0 aliphatic heterocycles. The summed E-state index contributed by atoms with van der Waals surface area (Å²) in [6.07, 6.45) is 0.911. The molecule has 1 rings (SSSR count). The Morgan fingerprint density at radius 2 is 2.08 bits per heavy atom. The van der Waals surface area contributed by atoms with Crippen molar-refractivity contribution < 1.29 is 9.60 Å². The van der Waals surface area contributed by atoms with Crippen LogP contribution >= 0.6 is 23.2 Å².